The van der Waals surface area contributed by atoms with Crippen LogP contribution in [0.3, 0.4) is 0 Å². The predicted octanol–water partition coefficient (Wildman–Crippen LogP) is 0.556. The third kappa shape index (κ3) is 3.80. The van der Waals surface area contributed by atoms with Crippen molar-refractivity contribution in [3.63, 3.8) is 0 Å². The van der Waals surface area contributed by atoms with Crippen molar-refractivity contribution in [3.05, 3.63) is 24.3 Å². The average molecular weight is 328 g/mol. The van der Waals surface area contributed by atoms with E-state index in [4.69, 9.17) is 5.11 Å². The molecule has 0 atom stereocenters. The highest BCUT2D eigenvalue weighted by Crippen LogP contribution is 2.21. The van der Waals surface area contributed by atoms with Crippen molar-refractivity contribution in [3.8, 4) is 11.4 Å². The second-order valence-electron chi connectivity index (χ2n) is 3.90. The van der Waals surface area contributed by atoms with Crippen molar-refractivity contribution in [2.45, 2.75) is 10.1 Å². The van der Waals surface area contributed by atoms with Crippen molar-refractivity contribution in [2.24, 2.45) is 0 Å². The molecule has 3 N–H and O–H groups in total. The lowest BCUT2D eigenvalue weighted by Crippen LogP contribution is -2.18. The maximum absolute atomic E-state index is 11.7. The van der Waals surface area contributed by atoms with Gasteiger partial charge in [-0.05, 0) is 19.2 Å². The lowest BCUT2D eigenvalue weighted by Gasteiger charge is -2.03. The number of H-pyrrole nitrogens is 1. The molecule has 8 nitrogen and oxygen atoms in total. The van der Waals surface area contributed by atoms with E-state index in [0.717, 1.165) is 11.8 Å². The number of rotatable bonds is 6. The van der Waals surface area contributed by atoms with Crippen LogP contribution in [0, 0.1) is 0 Å². The van der Waals surface area contributed by atoms with Gasteiger partial charge in [-0.15, -0.1) is 10.2 Å². The number of hydrogen-bond acceptors (Lipinski definition) is 6. The molecular weight excluding hydrogens is 316 g/mol. The number of nitrogens with zero attached hydrogens (tertiary/aromatic N) is 2. The van der Waals surface area contributed by atoms with Crippen LogP contribution in [0.15, 0.2) is 34.3 Å². The van der Waals surface area contributed by atoms with Crippen molar-refractivity contribution < 1.29 is 18.3 Å². The Morgan fingerprint density at radius 1 is 1.43 bits per heavy atom. The van der Waals surface area contributed by atoms with Crippen LogP contribution in [0.1, 0.15) is 0 Å². The summed E-state index contributed by atoms with van der Waals surface area (Å²) in [6, 6.07) is 6.19. The van der Waals surface area contributed by atoms with Gasteiger partial charge < -0.3 is 10.1 Å². The number of carboxylic acid groups (broad SMARTS) is 1. The van der Waals surface area contributed by atoms with E-state index in [0.29, 0.717) is 16.5 Å². The Bertz CT molecular complexity index is 757. The minimum atomic E-state index is -3.54. The Labute approximate surface area is 125 Å². The first-order valence-corrected chi connectivity index (χ1v) is 8.20. The van der Waals surface area contributed by atoms with Crippen LogP contribution in [0.2, 0.25) is 0 Å². The lowest BCUT2D eigenvalue weighted by molar-refractivity contribution is -0.133. The summed E-state index contributed by atoms with van der Waals surface area (Å²) in [6.45, 7) is 0. The van der Waals surface area contributed by atoms with Gasteiger partial charge in [0.15, 0.2) is 11.0 Å². The zero-order chi connectivity index (χ0) is 15.5. The predicted molar refractivity (Wildman–Crippen MR) is 76.4 cm³/mol. The third-order valence-electron chi connectivity index (χ3n) is 2.49. The fraction of sp³-hybridized carbons (Fsp3) is 0.182. The molecule has 0 aliphatic heterocycles. The van der Waals surface area contributed by atoms with E-state index < -0.39 is 16.0 Å². The SMILES string of the molecule is CNS(=O)(=O)c1cccc(-c2nnc(SCC(=O)O)[nH]2)c1. The maximum Gasteiger partial charge on any atom is 0.313 e. The maximum atomic E-state index is 11.7. The number of nitrogens with one attached hydrogen (secondary N) is 2. The molecule has 1 heterocycles. The normalized spacial score (nSPS) is 11.5. The first kappa shape index (κ1) is 15.5. The summed E-state index contributed by atoms with van der Waals surface area (Å²) < 4.78 is 25.7. The summed E-state index contributed by atoms with van der Waals surface area (Å²) in [5.74, 6) is -0.723. The topological polar surface area (TPSA) is 125 Å². The van der Waals surface area contributed by atoms with Gasteiger partial charge >= 0.3 is 5.97 Å². The number of aliphatic carboxylic acids is 1. The molecule has 2 aromatic rings. The zero-order valence-electron chi connectivity index (χ0n) is 10.9. The van der Waals surface area contributed by atoms with Crippen LogP contribution in [0.25, 0.3) is 11.4 Å². The van der Waals surface area contributed by atoms with Crippen LogP contribution in [-0.4, -0.2) is 47.5 Å². The molecule has 0 saturated carbocycles. The molecule has 0 bridgehead atoms. The zero-order valence-corrected chi connectivity index (χ0v) is 12.5. The van der Waals surface area contributed by atoms with Gasteiger partial charge in [0.25, 0.3) is 0 Å². The van der Waals surface area contributed by atoms with E-state index in [-0.39, 0.29) is 10.6 Å². The number of carbonyl (C=O) groups is 1. The van der Waals surface area contributed by atoms with E-state index in [2.05, 4.69) is 19.9 Å². The Balaban J connectivity index is 2.27. The quantitative estimate of drug-likeness (QED) is 0.661. The van der Waals surface area contributed by atoms with Crippen molar-refractivity contribution in [2.75, 3.05) is 12.8 Å². The van der Waals surface area contributed by atoms with Gasteiger partial charge in [-0.1, -0.05) is 23.9 Å². The van der Waals surface area contributed by atoms with E-state index in [1.807, 2.05) is 0 Å². The standard InChI is InChI=1S/C11H12N4O4S2/c1-12-21(18,19)8-4-2-3-7(5-8)10-13-11(15-14-10)20-6-9(16)17/h2-5,12H,6H2,1H3,(H,16,17)(H,13,14,15). The first-order valence-electron chi connectivity index (χ1n) is 5.73. The Kier molecular flexibility index (Phi) is 4.60. The molecule has 1 aromatic heterocycles. The highest BCUT2D eigenvalue weighted by atomic mass is 32.2. The summed E-state index contributed by atoms with van der Waals surface area (Å²) >= 11 is 0.999. The summed E-state index contributed by atoms with van der Waals surface area (Å²) in [5, 5.41) is 16.6. The average Bonchev–Trinajstić information content (AvgIpc) is 2.94. The fourth-order valence-corrected chi connectivity index (χ4v) is 2.80. The lowest BCUT2D eigenvalue weighted by atomic mass is 10.2. The number of hydrogen-bond donors (Lipinski definition) is 3. The number of aromatic nitrogens is 3. The van der Waals surface area contributed by atoms with Crippen molar-refractivity contribution >= 4 is 27.8 Å². The van der Waals surface area contributed by atoms with Crippen LogP contribution in [0.4, 0.5) is 0 Å². The molecule has 0 aliphatic rings. The van der Waals surface area contributed by atoms with Crippen LogP contribution >= 0.6 is 11.8 Å². The molecule has 2 rings (SSSR count). The van der Waals surface area contributed by atoms with Gasteiger partial charge in [0, 0.05) is 5.56 Å². The number of benzene rings is 1. The second-order valence-corrected chi connectivity index (χ2v) is 6.75. The molecule has 0 unspecified atom stereocenters. The van der Waals surface area contributed by atoms with E-state index >= 15 is 0 Å². The summed E-state index contributed by atoms with van der Waals surface area (Å²) in [7, 11) is -2.21. The molecule has 1 aromatic carbocycles. The largest absolute Gasteiger partial charge is 0.481 e. The van der Waals surface area contributed by atoms with Crippen LogP contribution < -0.4 is 4.72 Å². The van der Waals surface area contributed by atoms with Crippen molar-refractivity contribution in [1.82, 2.24) is 19.9 Å². The summed E-state index contributed by atoms with van der Waals surface area (Å²) in [5.41, 5.74) is 0.543. The Morgan fingerprint density at radius 2 is 2.19 bits per heavy atom. The molecule has 112 valence electrons. The fourth-order valence-electron chi connectivity index (χ4n) is 1.50. The minimum absolute atomic E-state index is 0.110. The van der Waals surface area contributed by atoms with Crippen molar-refractivity contribution in [1.29, 1.82) is 0 Å². The number of carboxylic acids is 1. The second kappa shape index (κ2) is 6.24. The molecular formula is C11H12N4O4S2. The van der Waals surface area contributed by atoms with Gasteiger partial charge in [0.2, 0.25) is 10.0 Å². The highest BCUT2D eigenvalue weighted by molar-refractivity contribution is 7.99. The van der Waals surface area contributed by atoms with E-state index in [1.165, 1.54) is 19.2 Å². The van der Waals surface area contributed by atoms with Crippen LogP contribution in [-0.2, 0) is 14.8 Å². The first-order chi connectivity index (χ1) is 9.92. The molecule has 0 saturated heterocycles. The summed E-state index contributed by atoms with van der Waals surface area (Å²) in [4.78, 5) is 13.4. The Hall–Kier alpha value is -1.91. The summed E-state index contributed by atoms with van der Waals surface area (Å²) in [6.07, 6.45) is 0. The third-order valence-corrected chi connectivity index (χ3v) is 4.75. The smallest absolute Gasteiger partial charge is 0.313 e. The van der Waals surface area contributed by atoms with Gasteiger partial charge in [-0.25, -0.2) is 13.1 Å². The van der Waals surface area contributed by atoms with E-state index in [1.54, 1.807) is 12.1 Å². The molecule has 0 fully saturated rings. The van der Waals surface area contributed by atoms with Gasteiger partial charge in [-0.3, -0.25) is 4.79 Å². The molecule has 0 spiro atoms. The van der Waals surface area contributed by atoms with Gasteiger partial charge in [0.1, 0.15) is 0 Å². The van der Waals surface area contributed by atoms with Gasteiger partial charge in [0.05, 0.1) is 10.6 Å². The molecule has 0 aliphatic carbocycles. The monoisotopic (exact) mass is 328 g/mol. The number of sulfonamides is 1. The number of aromatic amines is 1. The van der Waals surface area contributed by atoms with Gasteiger partial charge in [-0.2, -0.15) is 0 Å². The molecule has 0 radical (unpaired) electrons. The molecule has 21 heavy (non-hydrogen) atoms. The molecule has 10 heteroatoms. The number of thioether (sulfide) groups is 1. The van der Waals surface area contributed by atoms with E-state index in [9.17, 15) is 13.2 Å². The molecule has 0 amide bonds. The van der Waals surface area contributed by atoms with Crippen LogP contribution in [0.5, 0.6) is 0 Å². The minimum Gasteiger partial charge on any atom is -0.481 e. The highest BCUT2D eigenvalue weighted by Gasteiger charge is 2.14. The Morgan fingerprint density at radius 3 is 2.86 bits per heavy atom.